The highest BCUT2D eigenvalue weighted by atomic mass is 16.7. The van der Waals surface area contributed by atoms with E-state index in [2.05, 4.69) is 10.3 Å². The van der Waals surface area contributed by atoms with Gasteiger partial charge in [0, 0.05) is 50.2 Å². The molecule has 1 atom stereocenters. The number of aromatic nitrogens is 2. The highest BCUT2D eigenvalue weighted by Gasteiger charge is 2.35. The Morgan fingerprint density at radius 1 is 1.13 bits per heavy atom. The largest absolute Gasteiger partial charge is 0.454 e. The Morgan fingerprint density at radius 3 is 2.81 bits per heavy atom. The fraction of sp³-hybridized carbons (Fsp3) is 0.261. The molecule has 3 heterocycles. The highest BCUT2D eigenvalue weighted by Crippen LogP contribution is 2.37. The summed E-state index contributed by atoms with van der Waals surface area (Å²) in [5.74, 6) is 0.707. The van der Waals surface area contributed by atoms with E-state index < -0.39 is 5.92 Å². The third-order valence-corrected chi connectivity index (χ3v) is 5.65. The number of carbonyl (C=O) groups is 2. The number of rotatable bonds is 6. The molecule has 31 heavy (non-hydrogen) atoms. The maximum Gasteiger partial charge on any atom is 0.231 e. The van der Waals surface area contributed by atoms with Crippen molar-refractivity contribution in [3.05, 3.63) is 72.3 Å². The molecule has 0 radical (unpaired) electrons. The Kier molecular flexibility index (Phi) is 5.03. The first-order chi connectivity index (χ1) is 15.2. The van der Waals surface area contributed by atoms with E-state index in [-0.39, 0.29) is 25.0 Å². The van der Waals surface area contributed by atoms with E-state index in [1.807, 2.05) is 41.1 Å². The molecule has 8 nitrogen and oxygen atoms in total. The van der Waals surface area contributed by atoms with Crippen molar-refractivity contribution < 1.29 is 19.1 Å². The zero-order valence-corrected chi connectivity index (χ0v) is 16.9. The standard InChI is InChI=1S/C23H22N4O4/c28-22-9-18(13-27(22)19-5-6-20-21(10-19)31-15-30-20)23(29)25-11-16-3-1-2-4-17(16)12-26-8-7-24-14-26/h1-8,10,14,18H,9,11-13,15H2,(H,25,29). The number of ether oxygens (including phenoxy) is 2. The van der Waals surface area contributed by atoms with Crippen LogP contribution in [0.5, 0.6) is 11.5 Å². The lowest BCUT2D eigenvalue weighted by atomic mass is 10.1. The molecule has 1 N–H and O–H groups in total. The van der Waals surface area contributed by atoms with Crippen LogP contribution in [0.25, 0.3) is 0 Å². The molecule has 8 heteroatoms. The van der Waals surface area contributed by atoms with Crippen LogP contribution in [0.1, 0.15) is 17.5 Å². The van der Waals surface area contributed by atoms with Crippen LogP contribution in [0.3, 0.4) is 0 Å². The van der Waals surface area contributed by atoms with Gasteiger partial charge >= 0.3 is 0 Å². The molecule has 0 spiro atoms. The van der Waals surface area contributed by atoms with E-state index in [9.17, 15) is 9.59 Å². The van der Waals surface area contributed by atoms with Crippen LogP contribution in [-0.2, 0) is 22.7 Å². The molecular weight excluding hydrogens is 396 g/mol. The quantitative estimate of drug-likeness (QED) is 0.664. The average molecular weight is 418 g/mol. The first kappa shape index (κ1) is 19.2. The summed E-state index contributed by atoms with van der Waals surface area (Å²) in [6, 6.07) is 13.4. The second-order valence-corrected chi connectivity index (χ2v) is 7.66. The van der Waals surface area contributed by atoms with Gasteiger partial charge in [-0.15, -0.1) is 0 Å². The monoisotopic (exact) mass is 418 g/mol. The van der Waals surface area contributed by atoms with Gasteiger partial charge < -0.3 is 24.3 Å². The van der Waals surface area contributed by atoms with Gasteiger partial charge in [0.05, 0.1) is 12.2 Å². The summed E-state index contributed by atoms with van der Waals surface area (Å²) in [5.41, 5.74) is 2.88. The number of nitrogens with zero attached hydrogens (tertiary/aromatic N) is 3. The summed E-state index contributed by atoms with van der Waals surface area (Å²) in [4.78, 5) is 31.1. The lowest BCUT2D eigenvalue weighted by molar-refractivity contribution is -0.126. The molecule has 0 bridgehead atoms. The van der Waals surface area contributed by atoms with E-state index >= 15 is 0 Å². The lowest BCUT2D eigenvalue weighted by Crippen LogP contribution is -2.32. The number of hydrogen-bond acceptors (Lipinski definition) is 5. The number of hydrogen-bond donors (Lipinski definition) is 1. The SMILES string of the molecule is O=C(NCc1ccccc1Cn1ccnc1)C1CC(=O)N(c2ccc3c(c2)OCO3)C1. The Morgan fingerprint density at radius 2 is 1.97 bits per heavy atom. The van der Waals surface area contributed by atoms with Crippen LogP contribution in [-0.4, -0.2) is 34.7 Å². The van der Waals surface area contributed by atoms with Crippen molar-refractivity contribution in [3.63, 3.8) is 0 Å². The van der Waals surface area contributed by atoms with Crippen molar-refractivity contribution in [2.24, 2.45) is 5.92 Å². The second kappa shape index (κ2) is 8.14. The third kappa shape index (κ3) is 3.96. The van der Waals surface area contributed by atoms with Gasteiger partial charge in [0.25, 0.3) is 0 Å². The summed E-state index contributed by atoms with van der Waals surface area (Å²) < 4.78 is 12.7. The van der Waals surface area contributed by atoms with Crippen LogP contribution in [0, 0.1) is 5.92 Å². The maximum atomic E-state index is 12.8. The molecular formula is C23H22N4O4. The van der Waals surface area contributed by atoms with Crippen LogP contribution in [0.4, 0.5) is 5.69 Å². The first-order valence-corrected chi connectivity index (χ1v) is 10.2. The smallest absolute Gasteiger partial charge is 0.231 e. The van der Waals surface area contributed by atoms with Crippen LogP contribution in [0.2, 0.25) is 0 Å². The fourth-order valence-corrected chi connectivity index (χ4v) is 3.97. The number of carbonyl (C=O) groups excluding carboxylic acids is 2. The van der Waals surface area contributed by atoms with Gasteiger partial charge in [-0.25, -0.2) is 4.98 Å². The molecule has 1 saturated heterocycles. The van der Waals surface area contributed by atoms with Crippen molar-refractivity contribution >= 4 is 17.5 Å². The molecule has 2 aliphatic rings. The number of imidazole rings is 1. The minimum absolute atomic E-state index is 0.0699. The number of amides is 2. The molecule has 1 fully saturated rings. The van der Waals surface area contributed by atoms with Gasteiger partial charge in [-0.2, -0.15) is 0 Å². The zero-order chi connectivity index (χ0) is 21.2. The van der Waals surface area contributed by atoms with E-state index in [0.717, 1.165) is 16.8 Å². The third-order valence-electron chi connectivity index (χ3n) is 5.65. The maximum absolute atomic E-state index is 12.8. The normalized spacial score (nSPS) is 17.2. The zero-order valence-electron chi connectivity index (χ0n) is 16.9. The minimum Gasteiger partial charge on any atom is -0.454 e. The molecule has 5 rings (SSSR count). The Balaban J connectivity index is 1.22. The van der Waals surface area contributed by atoms with Crippen LogP contribution >= 0.6 is 0 Å². The van der Waals surface area contributed by atoms with Crippen molar-refractivity contribution in [1.82, 2.24) is 14.9 Å². The summed E-state index contributed by atoms with van der Waals surface area (Å²) >= 11 is 0. The van der Waals surface area contributed by atoms with Crippen molar-refractivity contribution in [1.29, 1.82) is 0 Å². The van der Waals surface area contributed by atoms with Crippen LogP contribution < -0.4 is 19.7 Å². The van der Waals surface area contributed by atoms with E-state index in [1.165, 1.54) is 0 Å². The Labute approximate surface area is 179 Å². The number of anilines is 1. The fourth-order valence-electron chi connectivity index (χ4n) is 3.97. The number of fused-ring (bicyclic) bond motifs is 1. The Hall–Kier alpha value is -3.81. The molecule has 2 aromatic carbocycles. The summed E-state index contributed by atoms with van der Waals surface area (Å²) in [7, 11) is 0. The van der Waals surface area contributed by atoms with Crippen molar-refractivity contribution in [2.75, 3.05) is 18.2 Å². The average Bonchev–Trinajstić information content (AvgIpc) is 3.53. The van der Waals surface area contributed by atoms with E-state index in [4.69, 9.17) is 9.47 Å². The minimum atomic E-state index is -0.390. The summed E-state index contributed by atoms with van der Waals surface area (Å²) in [6.07, 6.45) is 5.61. The van der Waals surface area contributed by atoms with Gasteiger partial charge in [-0.3, -0.25) is 9.59 Å². The van der Waals surface area contributed by atoms with Gasteiger partial charge in [0.1, 0.15) is 0 Å². The van der Waals surface area contributed by atoms with Crippen molar-refractivity contribution in [3.8, 4) is 11.5 Å². The van der Waals surface area contributed by atoms with Crippen molar-refractivity contribution in [2.45, 2.75) is 19.5 Å². The van der Waals surface area contributed by atoms with Crippen LogP contribution in [0.15, 0.2) is 61.2 Å². The van der Waals surface area contributed by atoms with E-state index in [1.54, 1.807) is 29.6 Å². The summed E-state index contributed by atoms with van der Waals surface area (Å²) in [5, 5.41) is 3.01. The first-order valence-electron chi connectivity index (χ1n) is 10.2. The van der Waals surface area contributed by atoms with E-state index in [0.29, 0.717) is 31.1 Å². The molecule has 158 valence electrons. The highest BCUT2D eigenvalue weighted by molar-refractivity contribution is 6.00. The molecule has 0 saturated carbocycles. The van der Waals surface area contributed by atoms with Gasteiger partial charge in [-0.05, 0) is 23.3 Å². The lowest BCUT2D eigenvalue weighted by Gasteiger charge is -2.17. The molecule has 0 aliphatic carbocycles. The number of benzene rings is 2. The predicted molar refractivity (Wildman–Crippen MR) is 113 cm³/mol. The molecule has 2 aliphatic heterocycles. The predicted octanol–water partition coefficient (Wildman–Crippen LogP) is 2.33. The molecule has 1 aromatic heterocycles. The molecule has 3 aromatic rings. The van der Waals surface area contributed by atoms with Gasteiger partial charge in [-0.1, -0.05) is 24.3 Å². The summed E-state index contributed by atoms with van der Waals surface area (Å²) in [6.45, 7) is 1.63. The Bertz CT molecular complexity index is 1110. The molecule has 1 unspecified atom stereocenters. The number of nitrogens with one attached hydrogen (secondary N) is 1. The van der Waals surface area contributed by atoms with Gasteiger partial charge in [0.2, 0.25) is 18.6 Å². The molecule has 2 amide bonds. The van der Waals surface area contributed by atoms with Gasteiger partial charge in [0.15, 0.2) is 11.5 Å². The topological polar surface area (TPSA) is 85.7 Å². The second-order valence-electron chi connectivity index (χ2n) is 7.66.